The topological polar surface area (TPSA) is 38.5 Å². The molecule has 2 aromatic rings. The first-order chi connectivity index (χ1) is 11.2. The van der Waals surface area contributed by atoms with Gasteiger partial charge in [0.15, 0.2) is 0 Å². The molecule has 3 nitrogen and oxygen atoms in total. The highest BCUT2D eigenvalue weighted by molar-refractivity contribution is 5.48. The Morgan fingerprint density at radius 2 is 1.87 bits per heavy atom. The largest absolute Gasteiger partial charge is 0.493 e. The molecular weight excluding hydrogens is 284 g/mol. The predicted octanol–water partition coefficient (Wildman–Crippen LogP) is 3.83. The molecule has 0 aliphatic heterocycles. The molecule has 1 atom stereocenters. The SMILES string of the molecule is CCc1ccccc1OCCC(CN)c1cccc(N(C)C)c1. The lowest BCUT2D eigenvalue weighted by Crippen LogP contribution is -2.17. The molecule has 0 amide bonds. The van der Waals surface area contributed by atoms with Gasteiger partial charge in [-0.2, -0.15) is 0 Å². The van der Waals surface area contributed by atoms with Crippen LogP contribution >= 0.6 is 0 Å². The van der Waals surface area contributed by atoms with Crippen molar-refractivity contribution >= 4 is 5.69 Å². The summed E-state index contributed by atoms with van der Waals surface area (Å²) in [6, 6.07) is 16.8. The number of rotatable bonds is 8. The Balaban J connectivity index is 1.99. The molecule has 0 radical (unpaired) electrons. The normalized spacial score (nSPS) is 12.0. The fraction of sp³-hybridized carbons (Fsp3) is 0.400. The maximum Gasteiger partial charge on any atom is 0.122 e. The van der Waals surface area contributed by atoms with Gasteiger partial charge in [-0.05, 0) is 54.6 Å². The van der Waals surface area contributed by atoms with Crippen molar-refractivity contribution in [3.8, 4) is 5.75 Å². The molecule has 0 spiro atoms. The summed E-state index contributed by atoms with van der Waals surface area (Å²) in [5.74, 6) is 1.32. The van der Waals surface area contributed by atoms with Gasteiger partial charge in [-0.25, -0.2) is 0 Å². The summed E-state index contributed by atoms with van der Waals surface area (Å²) in [6.07, 6.45) is 1.91. The molecule has 124 valence electrons. The molecule has 0 bridgehead atoms. The zero-order chi connectivity index (χ0) is 16.7. The van der Waals surface area contributed by atoms with Crippen LogP contribution in [-0.4, -0.2) is 27.2 Å². The van der Waals surface area contributed by atoms with Crippen LogP contribution in [0.25, 0.3) is 0 Å². The van der Waals surface area contributed by atoms with Crippen LogP contribution < -0.4 is 15.4 Å². The second-order valence-electron chi connectivity index (χ2n) is 6.02. The number of aryl methyl sites for hydroxylation is 1. The summed E-state index contributed by atoms with van der Waals surface area (Å²) >= 11 is 0. The highest BCUT2D eigenvalue weighted by atomic mass is 16.5. The van der Waals surface area contributed by atoms with E-state index < -0.39 is 0 Å². The number of ether oxygens (including phenoxy) is 1. The van der Waals surface area contributed by atoms with E-state index in [1.807, 2.05) is 12.1 Å². The molecule has 3 heteroatoms. The molecule has 1 unspecified atom stereocenters. The fourth-order valence-corrected chi connectivity index (χ4v) is 2.73. The van der Waals surface area contributed by atoms with Crippen molar-refractivity contribution in [2.75, 3.05) is 32.1 Å². The summed E-state index contributed by atoms with van der Waals surface area (Å²) in [4.78, 5) is 2.12. The molecule has 0 saturated carbocycles. The van der Waals surface area contributed by atoms with E-state index >= 15 is 0 Å². The smallest absolute Gasteiger partial charge is 0.122 e. The van der Waals surface area contributed by atoms with Crippen molar-refractivity contribution in [1.29, 1.82) is 0 Å². The lowest BCUT2D eigenvalue weighted by Gasteiger charge is -2.19. The first-order valence-electron chi connectivity index (χ1n) is 8.33. The van der Waals surface area contributed by atoms with E-state index in [0.717, 1.165) is 18.6 Å². The van der Waals surface area contributed by atoms with Crippen LogP contribution in [0.15, 0.2) is 48.5 Å². The van der Waals surface area contributed by atoms with E-state index in [0.29, 0.717) is 19.1 Å². The van der Waals surface area contributed by atoms with Crippen LogP contribution in [0, 0.1) is 0 Å². The number of para-hydroxylation sites is 1. The van der Waals surface area contributed by atoms with Gasteiger partial charge in [0, 0.05) is 19.8 Å². The van der Waals surface area contributed by atoms with Crippen molar-refractivity contribution in [1.82, 2.24) is 0 Å². The van der Waals surface area contributed by atoms with Crippen LogP contribution in [0.2, 0.25) is 0 Å². The van der Waals surface area contributed by atoms with Gasteiger partial charge >= 0.3 is 0 Å². The standard InChI is InChI=1S/C20H28N2O/c1-4-16-8-5-6-11-20(16)23-13-12-18(15-21)17-9-7-10-19(14-17)22(2)3/h5-11,14,18H,4,12-13,15,21H2,1-3H3. The number of benzene rings is 2. The number of hydrogen-bond donors (Lipinski definition) is 1. The number of nitrogens with zero attached hydrogens (tertiary/aromatic N) is 1. The maximum absolute atomic E-state index is 6.00. The maximum atomic E-state index is 6.00. The van der Waals surface area contributed by atoms with Crippen molar-refractivity contribution in [3.63, 3.8) is 0 Å². The van der Waals surface area contributed by atoms with Crippen molar-refractivity contribution in [3.05, 3.63) is 59.7 Å². The van der Waals surface area contributed by atoms with Gasteiger partial charge in [0.05, 0.1) is 6.61 Å². The van der Waals surface area contributed by atoms with Crippen LogP contribution in [0.4, 0.5) is 5.69 Å². The molecule has 2 rings (SSSR count). The van der Waals surface area contributed by atoms with Crippen molar-refractivity contribution in [2.24, 2.45) is 5.73 Å². The Kier molecular flexibility index (Phi) is 6.48. The minimum atomic E-state index is 0.323. The van der Waals surface area contributed by atoms with Gasteiger partial charge in [0.25, 0.3) is 0 Å². The number of anilines is 1. The van der Waals surface area contributed by atoms with Gasteiger partial charge < -0.3 is 15.4 Å². The highest BCUT2D eigenvalue weighted by Crippen LogP contribution is 2.24. The molecule has 0 aliphatic rings. The quantitative estimate of drug-likeness (QED) is 0.805. The molecule has 0 aliphatic carbocycles. The highest BCUT2D eigenvalue weighted by Gasteiger charge is 2.11. The molecule has 23 heavy (non-hydrogen) atoms. The number of nitrogens with two attached hydrogens (primary N) is 1. The third-order valence-electron chi connectivity index (χ3n) is 4.22. The van der Waals surface area contributed by atoms with Gasteiger partial charge in [-0.1, -0.05) is 37.3 Å². The first-order valence-corrected chi connectivity index (χ1v) is 8.33. The van der Waals surface area contributed by atoms with E-state index in [2.05, 4.69) is 62.3 Å². The van der Waals surface area contributed by atoms with E-state index in [9.17, 15) is 0 Å². The molecule has 0 heterocycles. The lowest BCUT2D eigenvalue weighted by atomic mass is 9.95. The Labute approximate surface area is 140 Å². The Hall–Kier alpha value is -2.00. The lowest BCUT2D eigenvalue weighted by molar-refractivity contribution is 0.296. The molecule has 0 fully saturated rings. The monoisotopic (exact) mass is 312 g/mol. The molecule has 2 N–H and O–H groups in total. The van der Waals surface area contributed by atoms with Gasteiger partial charge in [-0.3, -0.25) is 0 Å². The third kappa shape index (κ3) is 4.73. The van der Waals surface area contributed by atoms with Gasteiger partial charge in [-0.15, -0.1) is 0 Å². The van der Waals surface area contributed by atoms with Crippen molar-refractivity contribution < 1.29 is 4.74 Å². The van der Waals surface area contributed by atoms with E-state index in [4.69, 9.17) is 10.5 Å². The van der Waals surface area contributed by atoms with Crippen LogP contribution in [0.3, 0.4) is 0 Å². The molecular formula is C20H28N2O. The summed E-state index contributed by atoms with van der Waals surface area (Å²) in [5, 5.41) is 0. The Morgan fingerprint density at radius 3 is 2.57 bits per heavy atom. The Morgan fingerprint density at radius 1 is 1.09 bits per heavy atom. The Bertz CT molecular complexity index is 610. The van der Waals surface area contributed by atoms with E-state index in [-0.39, 0.29) is 0 Å². The van der Waals surface area contributed by atoms with Gasteiger partial charge in [0.2, 0.25) is 0 Å². The fourth-order valence-electron chi connectivity index (χ4n) is 2.73. The second kappa shape index (κ2) is 8.59. The summed E-state index contributed by atoms with van der Waals surface area (Å²) < 4.78 is 5.99. The van der Waals surface area contributed by atoms with Crippen molar-refractivity contribution in [2.45, 2.75) is 25.7 Å². The average Bonchev–Trinajstić information content (AvgIpc) is 2.59. The molecule has 2 aromatic carbocycles. The number of hydrogen-bond acceptors (Lipinski definition) is 3. The average molecular weight is 312 g/mol. The third-order valence-corrected chi connectivity index (χ3v) is 4.22. The summed E-state index contributed by atoms with van der Waals surface area (Å²) in [5.41, 5.74) is 9.74. The zero-order valence-corrected chi connectivity index (χ0v) is 14.5. The van der Waals surface area contributed by atoms with E-state index in [1.54, 1.807) is 0 Å². The summed E-state index contributed by atoms with van der Waals surface area (Å²) in [6.45, 7) is 3.47. The van der Waals surface area contributed by atoms with Crippen LogP contribution in [0.1, 0.15) is 30.4 Å². The second-order valence-corrected chi connectivity index (χ2v) is 6.02. The van der Waals surface area contributed by atoms with E-state index in [1.165, 1.54) is 16.8 Å². The van der Waals surface area contributed by atoms with Crippen LogP contribution in [0.5, 0.6) is 5.75 Å². The molecule has 0 saturated heterocycles. The minimum Gasteiger partial charge on any atom is -0.493 e. The molecule has 0 aromatic heterocycles. The van der Waals surface area contributed by atoms with Gasteiger partial charge in [0.1, 0.15) is 5.75 Å². The van der Waals surface area contributed by atoms with Crippen LogP contribution in [-0.2, 0) is 6.42 Å². The predicted molar refractivity (Wildman–Crippen MR) is 98.5 cm³/mol. The zero-order valence-electron chi connectivity index (χ0n) is 14.5. The minimum absolute atomic E-state index is 0.323. The first kappa shape index (κ1) is 17.4. The summed E-state index contributed by atoms with van der Waals surface area (Å²) in [7, 11) is 4.11.